The molecule has 0 aliphatic heterocycles. The maximum Gasteiger partial charge on any atom is 0.242 e. The van der Waals surface area contributed by atoms with Gasteiger partial charge < -0.3 is 4.98 Å². The summed E-state index contributed by atoms with van der Waals surface area (Å²) in [4.78, 5) is 7.36. The van der Waals surface area contributed by atoms with Crippen molar-refractivity contribution in [2.24, 2.45) is 0 Å². The van der Waals surface area contributed by atoms with E-state index in [1.165, 1.54) is 18.4 Å². The molecule has 86 valence electrons. The fraction of sp³-hybridized carbons (Fsp3) is 0.300. The number of benzene rings is 1. The number of aromatic nitrogens is 2. The van der Waals surface area contributed by atoms with E-state index in [1.807, 2.05) is 0 Å². The third-order valence-electron chi connectivity index (χ3n) is 2.55. The largest absolute Gasteiger partial charge is 0.345 e. The maximum atomic E-state index is 12.0. The number of hydrogen-bond donors (Lipinski definition) is 1. The van der Waals surface area contributed by atoms with Crippen LogP contribution in [0.1, 0.15) is 5.56 Å². The number of hydrogen-bond acceptors (Lipinski definition) is 3. The van der Waals surface area contributed by atoms with Crippen molar-refractivity contribution in [2.45, 2.75) is 11.8 Å². The Morgan fingerprint density at radius 3 is 2.62 bits per heavy atom. The van der Waals surface area contributed by atoms with Gasteiger partial charge in [0.05, 0.1) is 22.3 Å². The zero-order chi connectivity index (χ0) is 11.9. The molecule has 16 heavy (non-hydrogen) atoms. The van der Waals surface area contributed by atoms with Crippen LogP contribution in [0.2, 0.25) is 0 Å². The minimum atomic E-state index is -3.40. The van der Waals surface area contributed by atoms with E-state index in [1.54, 1.807) is 25.4 Å². The molecule has 0 unspecified atom stereocenters. The molecule has 0 fully saturated rings. The van der Waals surface area contributed by atoms with Crippen LogP contribution in [0.25, 0.3) is 11.0 Å². The minimum absolute atomic E-state index is 0.303. The molecular weight excluding hydrogens is 226 g/mol. The first-order chi connectivity index (χ1) is 7.44. The molecule has 0 saturated heterocycles. The second-order valence-electron chi connectivity index (χ2n) is 3.77. The monoisotopic (exact) mass is 239 g/mol. The van der Waals surface area contributed by atoms with Crippen molar-refractivity contribution in [3.05, 3.63) is 24.0 Å². The van der Waals surface area contributed by atoms with E-state index in [4.69, 9.17) is 0 Å². The van der Waals surface area contributed by atoms with E-state index < -0.39 is 10.0 Å². The Hall–Kier alpha value is -1.40. The first-order valence-electron chi connectivity index (χ1n) is 4.80. The van der Waals surface area contributed by atoms with Crippen LogP contribution in [0.4, 0.5) is 0 Å². The van der Waals surface area contributed by atoms with E-state index in [9.17, 15) is 8.42 Å². The highest BCUT2D eigenvalue weighted by molar-refractivity contribution is 7.89. The third kappa shape index (κ3) is 1.50. The smallest absolute Gasteiger partial charge is 0.242 e. The van der Waals surface area contributed by atoms with E-state index >= 15 is 0 Å². The molecule has 0 saturated carbocycles. The number of imidazole rings is 1. The molecule has 6 heteroatoms. The molecule has 2 rings (SSSR count). The molecular formula is C10H13N3O2S. The second-order valence-corrected chi connectivity index (χ2v) is 5.90. The summed E-state index contributed by atoms with van der Waals surface area (Å²) in [6.07, 6.45) is 1.56. The van der Waals surface area contributed by atoms with Gasteiger partial charge in [0.15, 0.2) is 0 Å². The number of sulfonamides is 1. The van der Waals surface area contributed by atoms with Crippen molar-refractivity contribution in [1.29, 1.82) is 0 Å². The molecule has 0 atom stereocenters. The van der Waals surface area contributed by atoms with Gasteiger partial charge in [-0.25, -0.2) is 17.7 Å². The maximum absolute atomic E-state index is 12.0. The van der Waals surface area contributed by atoms with E-state index in [-0.39, 0.29) is 0 Å². The van der Waals surface area contributed by atoms with Crippen LogP contribution in [0.3, 0.4) is 0 Å². The van der Waals surface area contributed by atoms with Gasteiger partial charge in [0.2, 0.25) is 10.0 Å². The quantitative estimate of drug-likeness (QED) is 0.854. The Kier molecular flexibility index (Phi) is 2.47. The van der Waals surface area contributed by atoms with Gasteiger partial charge in [0.25, 0.3) is 0 Å². The average Bonchev–Trinajstić information content (AvgIpc) is 2.66. The highest BCUT2D eigenvalue weighted by atomic mass is 32.2. The van der Waals surface area contributed by atoms with Crippen LogP contribution in [0, 0.1) is 6.92 Å². The van der Waals surface area contributed by atoms with Crippen LogP contribution in [0.5, 0.6) is 0 Å². The molecule has 1 aromatic heterocycles. The molecule has 0 spiro atoms. The van der Waals surface area contributed by atoms with Crippen LogP contribution in [0.15, 0.2) is 23.4 Å². The summed E-state index contributed by atoms with van der Waals surface area (Å²) in [6.45, 7) is 1.76. The third-order valence-corrected chi connectivity index (χ3v) is 4.51. The summed E-state index contributed by atoms with van der Waals surface area (Å²) in [5.41, 5.74) is 2.21. The number of aromatic amines is 1. The van der Waals surface area contributed by atoms with Gasteiger partial charge in [-0.15, -0.1) is 0 Å². The van der Waals surface area contributed by atoms with Gasteiger partial charge in [0.1, 0.15) is 0 Å². The molecule has 2 aromatic rings. The van der Waals surface area contributed by atoms with Crippen molar-refractivity contribution in [3.8, 4) is 0 Å². The Balaban J connectivity index is 2.76. The van der Waals surface area contributed by atoms with E-state index in [0.29, 0.717) is 16.0 Å². The lowest BCUT2D eigenvalue weighted by molar-refractivity contribution is 0.520. The normalized spacial score (nSPS) is 12.5. The Labute approximate surface area is 94.2 Å². The second kappa shape index (κ2) is 3.57. The molecule has 0 amide bonds. The Morgan fingerprint density at radius 1 is 1.31 bits per heavy atom. The lowest BCUT2D eigenvalue weighted by Gasteiger charge is -2.13. The molecule has 1 N–H and O–H groups in total. The van der Waals surface area contributed by atoms with Crippen molar-refractivity contribution in [1.82, 2.24) is 14.3 Å². The number of fused-ring (bicyclic) bond motifs is 1. The molecule has 1 aromatic carbocycles. The summed E-state index contributed by atoms with van der Waals surface area (Å²) in [7, 11) is -0.363. The number of rotatable bonds is 2. The van der Waals surface area contributed by atoms with Crippen molar-refractivity contribution in [3.63, 3.8) is 0 Å². The van der Waals surface area contributed by atoms with Crippen LogP contribution >= 0.6 is 0 Å². The van der Waals surface area contributed by atoms with Crippen molar-refractivity contribution >= 4 is 21.1 Å². The molecule has 0 radical (unpaired) electrons. The molecule has 0 aliphatic rings. The summed E-state index contributed by atoms with van der Waals surface area (Å²) < 4.78 is 25.2. The summed E-state index contributed by atoms with van der Waals surface area (Å²) in [6, 6.07) is 3.33. The lowest BCUT2D eigenvalue weighted by atomic mass is 10.2. The number of nitrogens with one attached hydrogen (secondary N) is 1. The van der Waals surface area contributed by atoms with Gasteiger partial charge in [-0.2, -0.15) is 0 Å². The van der Waals surface area contributed by atoms with Crippen molar-refractivity contribution < 1.29 is 8.42 Å². The SMILES string of the molecule is Cc1c(S(=O)(=O)N(C)C)ccc2[nH]cnc12. The number of H-pyrrole nitrogens is 1. The number of nitrogens with zero attached hydrogens (tertiary/aromatic N) is 2. The average molecular weight is 239 g/mol. The minimum Gasteiger partial charge on any atom is -0.345 e. The standard InChI is InChI=1S/C10H13N3O2S/c1-7-9(16(14,15)13(2)3)5-4-8-10(7)12-6-11-8/h4-6H,1-3H3,(H,11,12). The van der Waals surface area contributed by atoms with Crippen LogP contribution in [-0.2, 0) is 10.0 Å². The summed E-state index contributed by atoms with van der Waals surface area (Å²) >= 11 is 0. The van der Waals surface area contributed by atoms with Crippen LogP contribution < -0.4 is 0 Å². The zero-order valence-electron chi connectivity index (χ0n) is 9.35. The predicted molar refractivity (Wildman–Crippen MR) is 61.7 cm³/mol. The molecule has 0 aliphatic carbocycles. The van der Waals surface area contributed by atoms with Crippen molar-refractivity contribution in [2.75, 3.05) is 14.1 Å². The fourth-order valence-electron chi connectivity index (χ4n) is 1.61. The van der Waals surface area contributed by atoms with E-state index in [2.05, 4.69) is 9.97 Å². The predicted octanol–water partition coefficient (Wildman–Crippen LogP) is 1.12. The Bertz CT molecular complexity index is 629. The summed E-state index contributed by atoms with van der Waals surface area (Å²) in [5, 5.41) is 0. The summed E-state index contributed by atoms with van der Waals surface area (Å²) in [5.74, 6) is 0. The van der Waals surface area contributed by atoms with E-state index in [0.717, 1.165) is 5.52 Å². The fourth-order valence-corrected chi connectivity index (χ4v) is 2.72. The van der Waals surface area contributed by atoms with Crippen LogP contribution in [-0.4, -0.2) is 36.8 Å². The first kappa shape index (κ1) is 11.1. The van der Waals surface area contributed by atoms with Gasteiger partial charge in [-0.3, -0.25) is 0 Å². The molecule has 1 heterocycles. The lowest BCUT2D eigenvalue weighted by Crippen LogP contribution is -2.23. The highest BCUT2D eigenvalue weighted by Gasteiger charge is 2.21. The first-order valence-corrected chi connectivity index (χ1v) is 6.24. The topological polar surface area (TPSA) is 66.1 Å². The van der Waals surface area contributed by atoms with Gasteiger partial charge >= 0.3 is 0 Å². The van der Waals surface area contributed by atoms with Gasteiger partial charge in [0, 0.05) is 14.1 Å². The zero-order valence-corrected chi connectivity index (χ0v) is 10.2. The van der Waals surface area contributed by atoms with Gasteiger partial charge in [-0.1, -0.05) is 0 Å². The molecule has 0 bridgehead atoms. The van der Waals surface area contributed by atoms with Gasteiger partial charge in [-0.05, 0) is 24.6 Å². The number of aryl methyl sites for hydroxylation is 1. The highest BCUT2D eigenvalue weighted by Crippen LogP contribution is 2.23. The molecule has 5 nitrogen and oxygen atoms in total. The Morgan fingerprint density at radius 2 is 2.00 bits per heavy atom.